The van der Waals surface area contributed by atoms with Gasteiger partial charge in [0.2, 0.25) is 5.95 Å². The number of H-pyrrole nitrogens is 1. The highest BCUT2D eigenvalue weighted by Crippen LogP contribution is 2.31. The van der Waals surface area contributed by atoms with Crippen LogP contribution in [-0.2, 0) is 0 Å². The van der Waals surface area contributed by atoms with E-state index in [-0.39, 0.29) is 17.5 Å². The van der Waals surface area contributed by atoms with Gasteiger partial charge in [-0.1, -0.05) is 35.9 Å². The van der Waals surface area contributed by atoms with Crippen LogP contribution in [0.25, 0.3) is 22.0 Å². The molecule has 180 valence electrons. The summed E-state index contributed by atoms with van der Waals surface area (Å²) in [6.45, 7) is 1.88. The van der Waals surface area contributed by atoms with Crippen molar-refractivity contribution in [3.05, 3.63) is 88.8 Å². The normalized spacial score (nSPS) is 10.9. The van der Waals surface area contributed by atoms with E-state index >= 15 is 4.39 Å². The summed E-state index contributed by atoms with van der Waals surface area (Å²) in [6.07, 6.45) is 1.43. The van der Waals surface area contributed by atoms with Gasteiger partial charge < -0.3 is 16.0 Å². The van der Waals surface area contributed by atoms with Crippen LogP contribution >= 0.6 is 11.6 Å². The maximum atomic E-state index is 15.1. The molecule has 0 bridgehead atoms. The smallest absolute Gasteiger partial charge is 0.251 e. The van der Waals surface area contributed by atoms with Gasteiger partial charge in [0, 0.05) is 18.0 Å². The van der Waals surface area contributed by atoms with Gasteiger partial charge in [0.15, 0.2) is 11.6 Å². The van der Waals surface area contributed by atoms with Crippen molar-refractivity contribution in [2.75, 3.05) is 17.7 Å². The number of anilines is 4. The Kier molecular flexibility index (Phi) is 6.22. The molecule has 36 heavy (non-hydrogen) atoms. The molecule has 5 rings (SSSR count). The minimum absolute atomic E-state index is 0.169. The molecule has 0 spiro atoms. The SMILES string of the molecule is CNC(=O)c1ccc(-c2cc(F)c(Nc3ncc(Cl)c(Nc4n[nH]c5ccccc45)n3)cc2C)cc1. The summed E-state index contributed by atoms with van der Waals surface area (Å²) in [4.78, 5) is 20.4. The number of hydrogen-bond donors (Lipinski definition) is 4. The van der Waals surface area contributed by atoms with Crippen LogP contribution in [0.2, 0.25) is 5.02 Å². The van der Waals surface area contributed by atoms with Crippen molar-refractivity contribution in [1.82, 2.24) is 25.5 Å². The van der Waals surface area contributed by atoms with Gasteiger partial charge in [-0.15, -0.1) is 0 Å². The van der Waals surface area contributed by atoms with E-state index in [2.05, 4.69) is 36.1 Å². The highest BCUT2D eigenvalue weighted by molar-refractivity contribution is 6.33. The zero-order chi connectivity index (χ0) is 25.2. The van der Waals surface area contributed by atoms with E-state index in [0.717, 1.165) is 22.0 Å². The molecular formula is C26H21ClFN7O. The lowest BCUT2D eigenvalue weighted by Crippen LogP contribution is -2.17. The van der Waals surface area contributed by atoms with Crippen molar-refractivity contribution in [3.63, 3.8) is 0 Å². The lowest BCUT2D eigenvalue weighted by atomic mass is 9.98. The molecule has 0 aliphatic carbocycles. The number of aromatic amines is 1. The average molecular weight is 502 g/mol. The summed E-state index contributed by atoms with van der Waals surface area (Å²) in [5.41, 5.74) is 3.96. The molecule has 0 saturated carbocycles. The number of nitrogens with zero attached hydrogens (tertiary/aromatic N) is 3. The third kappa shape index (κ3) is 4.56. The van der Waals surface area contributed by atoms with Crippen LogP contribution in [0.15, 0.2) is 66.9 Å². The third-order valence-corrected chi connectivity index (χ3v) is 5.97. The molecule has 2 heterocycles. The lowest BCUT2D eigenvalue weighted by Gasteiger charge is -2.13. The second kappa shape index (κ2) is 9.63. The van der Waals surface area contributed by atoms with Crippen molar-refractivity contribution >= 4 is 51.7 Å². The molecule has 5 aromatic rings. The van der Waals surface area contributed by atoms with Crippen molar-refractivity contribution < 1.29 is 9.18 Å². The van der Waals surface area contributed by atoms with Crippen LogP contribution in [-0.4, -0.2) is 33.1 Å². The van der Waals surface area contributed by atoms with Crippen molar-refractivity contribution in [3.8, 4) is 11.1 Å². The minimum atomic E-state index is -0.475. The van der Waals surface area contributed by atoms with Gasteiger partial charge in [0.05, 0.1) is 17.4 Å². The summed E-state index contributed by atoms with van der Waals surface area (Å²) >= 11 is 6.30. The molecule has 0 aliphatic heterocycles. The van der Waals surface area contributed by atoms with Crippen molar-refractivity contribution in [2.45, 2.75) is 6.92 Å². The molecule has 10 heteroatoms. The van der Waals surface area contributed by atoms with Gasteiger partial charge in [-0.05, 0) is 60.0 Å². The molecule has 1 amide bonds. The summed E-state index contributed by atoms with van der Waals surface area (Å²) in [7, 11) is 1.57. The van der Waals surface area contributed by atoms with E-state index in [9.17, 15) is 4.79 Å². The van der Waals surface area contributed by atoms with Crippen LogP contribution in [0.5, 0.6) is 0 Å². The Labute approximate surface area is 210 Å². The summed E-state index contributed by atoms with van der Waals surface area (Å²) < 4.78 is 15.1. The van der Waals surface area contributed by atoms with Crippen LogP contribution in [0.3, 0.4) is 0 Å². The highest BCUT2D eigenvalue weighted by atomic mass is 35.5. The molecule has 0 saturated heterocycles. The number of rotatable bonds is 6. The van der Waals surface area contributed by atoms with E-state index in [1.54, 1.807) is 37.4 Å². The van der Waals surface area contributed by atoms with Crippen LogP contribution in [0.4, 0.5) is 27.7 Å². The number of hydrogen-bond acceptors (Lipinski definition) is 6. The quantitative estimate of drug-likeness (QED) is 0.228. The van der Waals surface area contributed by atoms with Crippen LogP contribution in [0.1, 0.15) is 15.9 Å². The molecule has 0 fully saturated rings. The van der Waals surface area contributed by atoms with Gasteiger partial charge in [-0.3, -0.25) is 9.89 Å². The van der Waals surface area contributed by atoms with Gasteiger partial charge in [0.1, 0.15) is 10.8 Å². The topological polar surface area (TPSA) is 108 Å². The first-order valence-corrected chi connectivity index (χ1v) is 11.4. The monoisotopic (exact) mass is 501 g/mol. The van der Waals surface area contributed by atoms with E-state index in [1.807, 2.05) is 31.2 Å². The molecule has 2 aromatic heterocycles. The molecule has 8 nitrogen and oxygen atoms in total. The fourth-order valence-corrected chi connectivity index (χ4v) is 3.98. The maximum Gasteiger partial charge on any atom is 0.251 e. The zero-order valence-electron chi connectivity index (χ0n) is 19.4. The Morgan fingerprint density at radius 1 is 1.03 bits per heavy atom. The first-order valence-electron chi connectivity index (χ1n) is 11.1. The average Bonchev–Trinajstić information content (AvgIpc) is 3.30. The predicted octanol–water partition coefficient (Wildman–Crippen LogP) is 5.97. The Morgan fingerprint density at radius 2 is 1.81 bits per heavy atom. The van der Waals surface area contributed by atoms with E-state index in [1.165, 1.54) is 12.3 Å². The number of nitrogens with one attached hydrogen (secondary N) is 4. The van der Waals surface area contributed by atoms with E-state index in [0.29, 0.717) is 27.8 Å². The second-order valence-corrected chi connectivity index (χ2v) is 8.47. The van der Waals surface area contributed by atoms with Gasteiger partial charge in [0.25, 0.3) is 5.91 Å². The number of halogens is 2. The molecule has 0 radical (unpaired) electrons. The molecule has 3 aromatic carbocycles. The Morgan fingerprint density at radius 3 is 2.58 bits per heavy atom. The summed E-state index contributed by atoms with van der Waals surface area (Å²) in [6, 6.07) is 17.8. The van der Waals surface area contributed by atoms with E-state index in [4.69, 9.17) is 11.6 Å². The number of carbonyl (C=O) groups excluding carboxylic acids is 1. The number of aryl methyl sites for hydroxylation is 1. The van der Waals surface area contributed by atoms with Gasteiger partial charge >= 0.3 is 0 Å². The van der Waals surface area contributed by atoms with Crippen LogP contribution < -0.4 is 16.0 Å². The fourth-order valence-electron chi connectivity index (χ4n) is 3.84. The largest absolute Gasteiger partial charge is 0.355 e. The first kappa shape index (κ1) is 23.3. The second-order valence-electron chi connectivity index (χ2n) is 8.06. The van der Waals surface area contributed by atoms with Crippen molar-refractivity contribution in [1.29, 1.82) is 0 Å². The molecular weight excluding hydrogens is 481 g/mol. The molecule has 4 N–H and O–H groups in total. The van der Waals surface area contributed by atoms with Crippen LogP contribution in [0, 0.1) is 12.7 Å². The minimum Gasteiger partial charge on any atom is -0.355 e. The van der Waals surface area contributed by atoms with Crippen molar-refractivity contribution in [2.24, 2.45) is 0 Å². The highest BCUT2D eigenvalue weighted by Gasteiger charge is 2.14. The van der Waals surface area contributed by atoms with E-state index < -0.39 is 5.82 Å². The number of aromatic nitrogens is 4. The van der Waals surface area contributed by atoms with Gasteiger partial charge in [-0.25, -0.2) is 9.37 Å². The number of benzene rings is 3. The zero-order valence-corrected chi connectivity index (χ0v) is 20.1. The standard InChI is InChI=1S/C26H21ClFN7O/c1-14-11-22(20(28)12-18(14)15-7-9-16(10-8-15)25(36)29-2)31-26-30-13-19(27)24(33-26)32-23-17-5-3-4-6-21(17)34-35-23/h3-13H,1-2H3,(H,29,36)(H3,30,31,32,33,34,35). The first-order chi connectivity index (χ1) is 17.4. The third-order valence-electron chi connectivity index (χ3n) is 5.70. The Balaban J connectivity index is 1.39. The lowest BCUT2D eigenvalue weighted by molar-refractivity contribution is 0.0963. The fraction of sp³-hybridized carbons (Fsp3) is 0.0769. The summed E-state index contributed by atoms with van der Waals surface area (Å²) in [5, 5.41) is 17.0. The Hall–Kier alpha value is -4.50. The molecule has 0 unspecified atom stereocenters. The number of amides is 1. The number of para-hydroxylation sites is 1. The predicted molar refractivity (Wildman–Crippen MR) is 140 cm³/mol. The van der Waals surface area contributed by atoms with Gasteiger partial charge in [-0.2, -0.15) is 10.1 Å². The number of fused-ring (bicyclic) bond motifs is 1. The summed E-state index contributed by atoms with van der Waals surface area (Å²) in [5.74, 6) is 0.406. The molecule has 0 aliphatic rings. The maximum absolute atomic E-state index is 15.1. The molecule has 0 atom stereocenters. The Bertz CT molecular complexity index is 1580. The number of carbonyl (C=O) groups is 1.